The number of aryl methyl sites for hydroxylation is 1. The normalized spacial score (nSPS) is 12.4. The fourth-order valence-corrected chi connectivity index (χ4v) is 1.91. The first-order valence-electron chi connectivity index (χ1n) is 5.52. The van der Waals surface area contributed by atoms with E-state index < -0.39 is 0 Å². The average molecular weight is 266 g/mol. The molecule has 0 aliphatic carbocycles. The van der Waals surface area contributed by atoms with Crippen molar-refractivity contribution in [2.45, 2.75) is 13.0 Å². The van der Waals surface area contributed by atoms with E-state index in [2.05, 4.69) is 15.3 Å². The van der Waals surface area contributed by atoms with Gasteiger partial charge in [-0.2, -0.15) is 0 Å². The second-order valence-electron chi connectivity index (χ2n) is 3.97. The van der Waals surface area contributed by atoms with Crippen molar-refractivity contribution in [1.82, 2.24) is 15.3 Å². The van der Waals surface area contributed by atoms with E-state index in [1.54, 1.807) is 31.6 Å². The zero-order valence-electron chi connectivity index (χ0n) is 10.1. The lowest BCUT2D eigenvalue weighted by Gasteiger charge is -2.16. The van der Waals surface area contributed by atoms with Gasteiger partial charge in [0.05, 0.1) is 23.6 Å². The SMILES string of the molecule is CNC(c1cnc(C)cn1)c1ccc(Cl)cc1F. The molecule has 1 unspecified atom stereocenters. The molecule has 5 heteroatoms. The fourth-order valence-electron chi connectivity index (χ4n) is 1.75. The van der Waals surface area contributed by atoms with Gasteiger partial charge in [-0.05, 0) is 26.1 Å². The lowest BCUT2D eigenvalue weighted by molar-refractivity contribution is 0.569. The molecule has 2 rings (SSSR count). The molecular formula is C13H13ClFN3. The summed E-state index contributed by atoms with van der Waals surface area (Å²) in [4.78, 5) is 8.43. The minimum absolute atomic E-state index is 0.338. The molecule has 3 nitrogen and oxygen atoms in total. The van der Waals surface area contributed by atoms with E-state index in [1.165, 1.54) is 6.07 Å². The molecule has 0 saturated heterocycles. The van der Waals surface area contributed by atoms with Gasteiger partial charge >= 0.3 is 0 Å². The summed E-state index contributed by atoms with van der Waals surface area (Å²) in [7, 11) is 1.75. The molecule has 1 heterocycles. The van der Waals surface area contributed by atoms with Crippen LogP contribution in [0.25, 0.3) is 0 Å². The Labute approximate surface area is 110 Å². The zero-order chi connectivity index (χ0) is 13.1. The lowest BCUT2D eigenvalue weighted by Crippen LogP contribution is -2.20. The highest BCUT2D eigenvalue weighted by Crippen LogP contribution is 2.24. The molecule has 94 valence electrons. The van der Waals surface area contributed by atoms with Crippen LogP contribution in [0.15, 0.2) is 30.6 Å². The third kappa shape index (κ3) is 2.66. The van der Waals surface area contributed by atoms with Crippen LogP contribution < -0.4 is 5.32 Å². The number of aromatic nitrogens is 2. The molecule has 18 heavy (non-hydrogen) atoms. The van der Waals surface area contributed by atoms with Crippen molar-refractivity contribution in [3.63, 3.8) is 0 Å². The van der Waals surface area contributed by atoms with E-state index in [9.17, 15) is 4.39 Å². The van der Waals surface area contributed by atoms with Crippen LogP contribution in [0.4, 0.5) is 4.39 Å². The first kappa shape index (κ1) is 12.9. The maximum atomic E-state index is 13.9. The van der Waals surface area contributed by atoms with Crippen LogP contribution in [0.1, 0.15) is 23.0 Å². The maximum absolute atomic E-state index is 13.9. The van der Waals surface area contributed by atoms with Crippen molar-refractivity contribution >= 4 is 11.6 Å². The van der Waals surface area contributed by atoms with E-state index in [0.717, 1.165) is 5.69 Å². The average Bonchev–Trinajstić information content (AvgIpc) is 2.35. The van der Waals surface area contributed by atoms with Crippen molar-refractivity contribution in [2.75, 3.05) is 7.05 Å². The van der Waals surface area contributed by atoms with Crippen LogP contribution in [-0.2, 0) is 0 Å². The first-order valence-corrected chi connectivity index (χ1v) is 5.90. The number of hydrogen-bond acceptors (Lipinski definition) is 3. The second-order valence-corrected chi connectivity index (χ2v) is 4.41. The molecular weight excluding hydrogens is 253 g/mol. The quantitative estimate of drug-likeness (QED) is 0.927. The molecule has 0 aliphatic heterocycles. The molecule has 2 aromatic rings. The first-order chi connectivity index (χ1) is 8.61. The second kappa shape index (κ2) is 5.42. The van der Waals surface area contributed by atoms with E-state index in [4.69, 9.17) is 11.6 Å². The monoisotopic (exact) mass is 265 g/mol. The Morgan fingerprint density at radius 2 is 2.06 bits per heavy atom. The molecule has 0 aliphatic rings. The Morgan fingerprint density at radius 3 is 2.61 bits per heavy atom. The summed E-state index contributed by atoms with van der Waals surface area (Å²) in [5, 5.41) is 3.40. The van der Waals surface area contributed by atoms with Crippen molar-refractivity contribution in [3.05, 3.63) is 58.4 Å². The molecule has 0 amide bonds. The van der Waals surface area contributed by atoms with Gasteiger partial charge in [-0.3, -0.25) is 9.97 Å². The van der Waals surface area contributed by atoms with E-state index >= 15 is 0 Å². The van der Waals surface area contributed by atoms with Gasteiger partial charge in [0, 0.05) is 16.8 Å². The number of hydrogen-bond donors (Lipinski definition) is 1. The topological polar surface area (TPSA) is 37.8 Å². The maximum Gasteiger partial charge on any atom is 0.129 e. The van der Waals surface area contributed by atoms with E-state index in [1.807, 2.05) is 6.92 Å². The summed E-state index contributed by atoms with van der Waals surface area (Å²) in [5.74, 6) is -0.357. The summed E-state index contributed by atoms with van der Waals surface area (Å²) < 4.78 is 13.9. The summed E-state index contributed by atoms with van der Waals surface area (Å²) in [6.45, 7) is 1.86. The molecule has 0 saturated carbocycles. The third-order valence-corrected chi connectivity index (χ3v) is 2.89. The number of nitrogens with one attached hydrogen (secondary N) is 1. The fraction of sp³-hybridized carbons (Fsp3) is 0.231. The van der Waals surface area contributed by atoms with Crippen LogP contribution in [0.3, 0.4) is 0 Å². The molecule has 1 aromatic carbocycles. The minimum Gasteiger partial charge on any atom is -0.308 e. The Hall–Kier alpha value is -1.52. The van der Waals surface area contributed by atoms with Gasteiger partial charge in [0.15, 0.2) is 0 Å². The zero-order valence-corrected chi connectivity index (χ0v) is 10.9. The van der Waals surface area contributed by atoms with Crippen molar-refractivity contribution in [3.8, 4) is 0 Å². The largest absolute Gasteiger partial charge is 0.308 e. The predicted octanol–water partition coefficient (Wildman–Crippen LogP) is 2.89. The number of benzene rings is 1. The Balaban J connectivity index is 2.41. The summed E-state index contributed by atoms with van der Waals surface area (Å²) in [6, 6.07) is 4.27. The summed E-state index contributed by atoms with van der Waals surface area (Å²) in [6.07, 6.45) is 3.30. The van der Waals surface area contributed by atoms with Gasteiger partial charge in [0.25, 0.3) is 0 Å². The van der Waals surface area contributed by atoms with Crippen LogP contribution in [-0.4, -0.2) is 17.0 Å². The Bertz CT molecular complexity index is 542. The minimum atomic E-state index is -0.357. The van der Waals surface area contributed by atoms with Crippen LogP contribution in [0.5, 0.6) is 0 Å². The number of halogens is 2. The van der Waals surface area contributed by atoms with Gasteiger partial charge in [0.1, 0.15) is 5.82 Å². The summed E-state index contributed by atoms with van der Waals surface area (Å²) in [5.41, 5.74) is 1.99. The van der Waals surface area contributed by atoms with Crippen molar-refractivity contribution in [2.24, 2.45) is 0 Å². The Morgan fingerprint density at radius 1 is 1.28 bits per heavy atom. The lowest BCUT2D eigenvalue weighted by atomic mass is 10.0. The standard InChI is InChI=1S/C13H13ClFN3/c1-8-6-18-12(7-17-8)13(16-2)10-4-3-9(14)5-11(10)15/h3-7,13,16H,1-2H3. The van der Waals surface area contributed by atoms with Gasteiger partial charge < -0.3 is 5.32 Å². The van der Waals surface area contributed by atoms with Gasteiger partial charge in [-0.1, -0.05) is 17.7 Å². The highest BCUT2D eigenvalue weighted by atomic mass is 35.5. The third-order valence-electron chi connectivity index (χ3n) is 2.66. The highest BCUT2D eigenvalue weighted by Gasteiger charge is 2.17. The molecule has 0 radical (unpaired) electrons. The molecule has 1 aromatic heterocycles. The highest BCUT2D eigenvalue weighted by molar-refractivity contribution is 6.30. The van der Waals surface area contributed by atoms with E-state index in [-0.39, 0.29) is 11.9 Å². The van der Waals surface area contributed by atoms with Gasteiger partial charge in [-0.15, -0.1) is 0 Å². The molecule has 0 fully saturated rings. The predicted molar refractivity (Wildman–Crippen MR) is 69.1 cm³/mol. The molecule has 0 spiro atoms. The van der Waals surface area contributed by atoms with Crippen LogP contribution in [0, 0.1) is 12.7 Å². The molecule has 1 atom stereocenters. The molecule has 1 N–H and O–H groups in total. The number of rotatable bonds is 3. The van der Waals surface area contributed by atoms with E-state index in [0.29, 0.717) is 16.3 Å². The summed E-state index contributed by atoms with van der Waals surface area (Å²) >= 11 is 5.74. The van der Waals surface area contributed by atoms with Crippen molar-refractivity contribution in [1.29, 1.82) is 0 Å². The molecule has 0 bridgehead atoms. The van der Waals surface area contributed by atoms with Crippen LogP contribution in [0.2, 0.25) is 5.02 Å². The number of nitrogens with zero attached hydrogens (tertiary/aromatic N) is 2. The smallest absolute Gasteiger partial charge is 0.129 e. The Kier molecular flexibility index (Phi) is 3.89. The van der Waals surface area contributed by atoms with Gasteiger partial charge in [0.2, 0.25) is 0 Å². The van der Waals surface area contributed by atoms with Crippen molar-refractivity contribution < 1.29 is 4.39 Å². The van der Waals surface area contributed by atoms with Crippen LogP contribution >= 0.6 is 11.6 Å². The van der Waals surface area contributed by atoms with Gasteiger partial charge in [-0.25, -0.2) is 4.39 Å².